The van der Waals surface area contributed by atoms with Crippen LogP contribution in [0.1, 0.15) is 36.0 Å². The van der Waals surface area contributed by atoms with Crippen molar-refractivity contribution < 1.29 is 23.4 Å². The molecule has 1 aromatic rings. The van der Waals surface area contributed by atoms with Gasteiger partial charge in [0.2, 0.25) is 0 Å². The zero-order chi connectivity index (χ0) is 13.7. The molecule has 0 heterocycles. The van der Waals surface area contributed by atoms with E-state index in [4.69, 9.17) is 9.84 Å². The van der Waals surface area contributed by atoms with Gasteiger partial charge in [0.25, 0.3) is 6.43 Å². The number of methoxy groups -OCH3 is 1. The molecule has 0 radical (unpaired) electrons. The van der Waals surface area contributed by atoms with Crippen molar-refractivity contribution in [3.63, 3.8) is 0 Å². The zero-order valence-electron chi connectivity index (χ0n) is 10.4. The van der Waals surface area contributed by atoms with Gasteiger partial charge < -0.3 is 9.84 Å². The summed E-state index contributed by atoms with van der Waals surface area (Å²) in [5, 5.41) is 8.56. The summed E-state index contributed by atoms with van der Waals surface area (Å²) in [6.07, 6.45) is -1.77. The Balaban J connectivity index is 2.98. The van der Waals surface area contributed by atoms with Crippen LogP contribution in [0.5, 0.6) is 5.75 Å². The van der Waals surface area contributed by atoms with E-state index in [0.717, 1.165) is 5.56 Å². The third-order valence-corrected chi connectivity index (χ3v) is 2.61. The molecule has 0 fully saturated rings. The van der Waals surface area contributed by atoms with E-state index in [1.165, 1.54) is 13.2 Å². The molecule has 0 saturated heterocycles. The highest BCUT2D eigenvalue weighted by atomic mass is 19.3. The monoisotopic (exact) mass is 258 g/mol. The van der Waals surface area contributed by atoms with E-state index in [0.29, 0.717) is 18.4 Å². The summed E-state index contributed by atoms with van der Waals surface area (Å²) in [6.45, 7) is 1.73. The first-order valence-corrected chi connectivity index (χ1v) is 5.63. The Kier molecular flexibility index (Phi) is 5.07. The number of carboxylic acid groups (broad SMARTS) is 1. The largest absolute Gasteiger partial charge is 0.496 e. The number of ether oxygens (including phenoxy) is 1. The van der Waals surface area contributed by atoms with E-state index in [1.54, 1.807) is 13.0 Å². The van der Waals surface area contributed by atoms with Gasteiger partial charge in [0.05, 0.1) is 12.7 Å². The van der Waals surface area contributed by atoms with Crippen molar-refractivity contribution in [2.24, 2.45) is 0 Å². The fourth-order valence-electron chi connectivity index (χ4n) is 1.91. The van der Waals surface area contributed by atoms with E-state index in [2.05, 4.69) is 0 Å². The number of carbonyl (C=O) groups is 1. The number of aliphatic carboxylic acids is 1. The van der Waals surface area contributed by atoms with Gasteiger partial charge in [-0.05, 0) is 31.4 Å². The molecule has 5 heteroatoms. The van der Waals surface area contributed by atoms with E-state index in [-0.39, 0.29) is 17.7 Å². The van der Waals surface area contributed by atoms with Crippen molar-refractivity contribution in [3.8, 4) is 5.75 Å². The van der Waals surface area contributed by atoms with Crippen LogP contribution in [-0.4, -0.2) is 18.2 Å². The Bertz CT molecular complexity index is 430. The summed E-state index contributed by atoms with van der Waals surface area (Å²) >= 11 is 0. The minimum atomic E-state index is -2.60. The van der Waals surface area contributed by atoms with Gasteiger partial charge in [0.15, 0.2) is 0 Å². The van der Waals surface area contributed by atoms with Crippen LogP contribution in [0.3, 0.4) is 0 Å². The third-order valence-electron chi connectivity index (χ3n) is 2.61. The molecule has 0 amide bonds. The average molecular weight is 258 g/mol. The second-order valence-electron chi connectivity index (χ2n) is 4.09. The molecule has 0 atom stereocenters. The number of halogens is 2. The normalized spacial score (nSPS) is 10.7. The standard InChI is InChI=1S/C13H16F2O3/c1-8-6-9(4-3-5-11(16)17)12(18-2)10(7-8)13(14)15/h6-7,13H,3-5H2,1-2H3,(H,16,17). The van der Waals surface area contributed by atoms with Gasteiger partial charge in [-0.2, -0.15) is 0 Å². The average Bonchev–Trinajstić information content (AvgIpc) is 2.27. The Morgan fingerprint density at radius 1 is 1.44 bits per heavy atom. The predicted molar refractivity (Wildman–Crippen MR) is 63.3 cm³/mol. The molecule has 100 valence electrons. The molecule has 0 aromatic heterocycles. The maximum Gasteiger partial charge on any atom is 0.303 e. The lowest BCUT2D eigenvalue weighted by Crippen LogP contribution is -2.01. The fourth-order valence-corrected chi connectivity index (χ4v) is 1.91. The van der Waals surface area contributed by atoms with Crippen molar-refractivity contribution in [2.45, 2.75) is 32.6 Å². The van der Waals surface area contributed by atoms with E-state index in [1.807, 2.05) is 0 Å². The summed E-state index contributed by atoms with van der Waals surface area (Å²) in [4.78, 5) is 10.4. The quantitative estimate of drug-likeness (QED) is 0.851. The Hall–Kier alpha value is -1.65. The molecular weight excluding hydrogens is 242 g/mol. The summed E-state index contributed by atoms with van der Waals surface area (Å²) in [5.41, 5.74) is 1.22. The van der Waals surface area contributed by atoms with Crippen LogP contribution >= 0.6 is 0 Å². The van der Waals surface area contributed by atoms with Crippen LogP contribution < -0.4 is 4.74 Å². The van der Waals surface area contributed by atoms with E-state index in [9.17, 15) is 13.6 Å². The van der Waals surface area contributed by atoms with Crippen LogP contribution in [0.2, 0.25) is 0 Å². The Labute approximate surface area is 104 Å². The highest BCUT2D eigenvalue weighted by molar-refractivity contribution is 5.66. The molecule has 0 bridgehead atoms. The maximum atomic E-state index is 12.9. The minimum Gasteiger partial charge on any atom is -0.496 e. The topological polar surface area (TPSA) is 46.5 Å². The molecule has 0 aliphatic rings. The first-order chi connectivity index (χ1) is 8.45. The first-order valence-electron chi connectivity index (χ1n) is 5.63. The molecular formula is C13H16F2O3. The molecule has 0 unspecified atom stereocenters. The van der Waals surface area contributed by atoms with E-state index < -0.39 is 12.4 Å². The lowest BCUT2D eigenvalue weighted by Gasteiger charge is -2.14. The Morgan fingerprint density at radius 3 is 2.61 bits per heavy atom. The molecule has 0 spiro atoms. The Morgan fingerprint density at radius 2 is 2.11 bits per heavy atom. The van der Waals surface area contributed by atoms with Gasteiger partial charge in [-0.15, -0.1) is 0 Å². The van der Waals surface area contributed by atoms with Crippen LogP contribution in [0.15, 0.2) is 12.1 Å². The molecule has 0 aliphatic heterocycles. The second kappa shape index (κ2) is 6.33. The summed E-state index contributed by atoms with van der Waals surface area (Å²) in [7, 11) is 1.34. The highest BCUT2D eigenvalue weighted by Crippen LogP contribution is 2.34. The molecule has 0 aliphatic carbocycles. The number of benzene rings is 1. The van der Waals surface area contributed by atoms with Gasteiger partial charge in [-0.1, -0.05) is 11.6 Å². The second-order valence-corrected chi connectivity index (χ2v) is 4.09. The summed E-state index contributed by atoms with van der Waals surface area (Å²) in [6, 6.07) is 3.15. The number of aryl methyl sites for hydroxylation is 2. The number of alkyl halides is 2. The van der Waals surface area contributed by atoms with Crippen LogP contribution in [0, 0.1) is 6.92 Å². The van der Waals surface area contributed by atoms with Gasteiger partial charge in [0, 0.05) is 6.42 Å². The van der Waals surface area contributed by atoms with Crippen molar-refractivity contribution in [2.75, 3.05) is 7.11 Å². The van der Waals surface area contributed by atoms with Gasteiger partial charge >= 0.3 is 5.97 Å². The SMILES string of the molecule is COc1c(CCCC(=O)O)cc(C)cc1C(F)F. The maximum absolute atomic E-state index is 12.9. The molecule has 0 saturated carbocycles. The van der Waals surface area contributed by atoms with Gasteiger partial charge in [-0.25, -0.2) is 8.78 Å². The lowest BCUT2D eigenvalue weighted by molar-refractivity contribution is -0.137. The first kappa shape index (κ1) is 14.4. The smallest absolute Gasteiger partial charge is 0.303 e. The number of carboxylic acids is 1. The van der Waals surface area contributed by atoms with E-state index >= 15 is 0 Å². The van der Waals surface area contributed by atoms with Crippen LogP contribution in [0.25, 0.3) is 0 Å². The number of rotatable bonds is 6. The summed E-state index contributed by atoms with van der Waals surface area (Å²) in [5.74, 6) is -0.725. The third kappa shape index (κ3) is 3.68. The van der Waals surface area contributed by atoms with Gasteiger partial charge in [-0.3, -0.25) is 4.79 Å². The fraction of sp³-hybridized carbons (Fsp3) is 0.462. The summed E-state index contributed by atoms with van der Waals surface area (Å²) < 4.78 is 30.7. The molecule has 18 heavy (non-hydrogen) atoms. The van der Waals surface area contributed by atoms with Crippen molar-refractivity contribution in [1.29, 1.82) is 0 Å². The van der Waals surface area contributed by atoms with Crippen LogP contribution in [-0.2, 0) is 11.2 Å². The number of hydrogen-bond donors (Lipinski definition) is 1. The van der Waals surface area contributed by atoms with Gasteiger partial charge in [0.1, 0.15) is 5.75 Å². The molecule has 3 nitrogen and oxygen atoms in total. The lowest BCUT2D eigenvalue weighted by atomic mass is 10.0. The molecule has 1 aromatic carbocycles. The number of hydrogen-bond acceptors (Lipinski definition) is 2. The predicted octanol–water partition coefficient (Wildman–Crippen LogP) is 3.35. The van der Waals surface area contributed by atoms with Crippen molar-refractivity contribution >= 4 is 5.97 Å². The van der Waals surface area contributed by atoms with Crippen molar-refractivity contribution in [1.82, 2.24) is 0 Å². The zero-order valence-corrected chi connectivity index (χ0v) is 10.4. The van der Waals surface area contributed by atoms with Crippen molar-refractivity contribution in [3.05, 3.63) is 28.8 Å². The molecule has 1 N–H and O–H groups in total. The minimum absolute atomic E-state index is 0.0150. The highest BCUT2D eigenvalue weighted by Gasteiger charge is 2.18. The molecule has 1 rings (SSSR count). The van der Waals surface area contributed by atoms with Crippen LogP contribution in [0.4, 0.5) is 8.78 Å².